The minimum atomic E-state index is -0.577. The SMILES string of the molecule is CCCN[C@H]1CCC[C@H]1F. The summed E-state index contributed by atoms with van der Waals surface area (Å²) in [6.45, 7) is 3.07. The van der Waals surface area contributed by atoms with Gasteiger partial charge in [0.25, 0.3) is 0 Å². The van der Waals surface area contributed by atoms with Crippen molar-refractivity contribution in [3.05, 3.63) is 0 Å². The molecule has 1 aliphatic rings. The van der Waals surface area contributed by atoms with Crippen LogP contribution >= 0.6 is 0 Å². The number of rotatable bonds is 3. The van der Waals surface area contributed by atoms with E-state index in [0.29, 0.717) is 0 Å². The quantitative estimate of drug-likeness (QED) is 0.639. The Morgan fingerprint density at radius 2 is 2.30 bits per heavy atom. The molecule has 2 heteroatoms. The number of hydrogen-bond donors (Lipinski definition) is 1. The highest BCUT2D eigenvalue weighted by molar-refractivity contribution is 4.82. The average molecular weight is 145 g/mol. The molecule has 60 valence electrons. The first-order valence-electron chi connectivity index (χ1n) is 4.22. The second-order valence-corrected chi connectivity index (χ2v) is 3.01. The Balaban J connectivity index is 2.14. The maximum atomic E-state index is 12.8. The van der Waals surface area contributed by atoms with Crippen molar-refractivity contribution in [3.63, 3.8) is 0 Å². The van der Waals surface area contributed by atoms with Crippen LogP contribution in [-0.2, 0) is 0 Å². The van der Waals surface area contributed by atoms with Crippen molar-refractivity contribution in [2.24, 2.45) is 0 Å². The van der Waals surface area contributed by atoms with Crippen molar-refractivity contribution in [2.75, 3.05) is 6.54 Å². The minimum absolute atomic E-state index is 0.167. The molecule has 1 saturated carbocycles. The van der Waals surface area contributed by atoms with Gasteiger partial charge in [0.15, 0.2) is 0 Å². The lowest BCUT2D eigenvalue weighted by Gasteiger charge is -2.13. The smallest absolute Gasteiger partial charge is 0.115 e. The van der Waals surface area contributed by atoms with Gasteiger partial charge in [-0.2, -0.15) is 0 Å². The minimum Gasteiger partial charge on any atom is -0.311 e. The summed E-state index contributed by atoms with van der Waals surface area (Å²) in [6, 6.07) is 0.167. The molecule has 0 radical (unpaired) electrons. The summed E-state index contributed by atoms with van der Waals surface area (Å²) >= 11 is 0. The van der Waals surface area contributed by atoms with Crippen LogP contribution in [-0.4, -0.2) is 18.8 Å². The first-order valence-corrected chi connectivity index (χ1v) is 4.22. The first kappa shape index (κ1) is 7.99. The molecule has 2 atom stereocenters. The van der Waals surface area contributed by atoms with Crippen molar-refractivity contribution in [1.82, 2.24) is 5.32 Å². The molecule has 1 N–H and O–H groups in total. The van der Waals surface area contributed by atoms with E-state index in [9.17, 15) is 4.39 Å². The number of alkyl halides is 1. The molecule has 1 fully saturated rings. The molecule has 10 heavy (non-hydrogen) atoms. The van der Waals surface area contributed by atoms with Gasteiger partial charge in [-0.05, 0) is 32.2 Å². The Bertz CT molecular complexity index is 95.3. The zero-order chi connectivity index (χ0) is 7.40. The van der Waals surface area contributed by atoms with Crippen LogP contribution in [0.3, 0.4) is 0 Å². The second kappa shape index (κ2) is 3.91. The van der Waals surface area contributed by atoms with E-state index in [2.05, 4.69) is 12.2 Å². The van der Waals surface area contributed by atoms with Crippen LogP contribution < -0.4 is 5.32 Å². The average Bonchev–Trinajstić information content (AvgIpc) is 2.31. The Morgan fingerprint density at radius 1 is 1.50 bits per heavy atom. The van der Waals surface area contributed by atoms with E-state index < -0.39 is 6.17 Å². The van der Waals surface area contributed by atoms with Crippen molar-refractivity contribution >= 4 is 0 Å². The van der Waals surface area contributed by atoms with Crippen molar-refractivity contribution in [2.45, 2.75) is 44.8 Å². The van der Waals surface area contributed by atoms with Gasteiger partial charge in [-0.15, -0.1) is 0 Å². The van der Waals surface area contributed by atoms with Crippen LogP contribution in [0.2, 0.25) is 0 Å². The van der Waals surface area contributed by atoms with Crippen LogP contribution in [0.4, 0.5) is 4.39 Å². The molecule has 1 nitrogen and oxygen atoms in total. The Labute approximate surface area is 62.0 Å². The highest BCUT2D eigenvalue weighted by Gasteiger charge is 2.25. The molecule has 0 spiro atoms. The summed E-state index contributed by atoms with van der Waals surface area (Å²) in [5, 5.41) is 3.21. The van der Waals surface area contributed by atoms with Gasteiger partial charge >= 0.3 is 0 Å². The molecule has 1 rings (SSSR count). The zero-order valence-corrected chi connectivity index (χ0v) is 6.57. The van der Waals surface area contributed by atoms with Crippen molar-refractivity contribution in [1.29, 1.82) is 0 Å². The fraction of sp³-hybridized carbons (Fsp3) is 1.00. The van der Waals surface area contributed by atoms with Crippen molar-refractivity contribution in [3.8, 4) is 0 Å². The highest BCUT2D eigenvalue weighted by atomic mass is 19.1. The summed E-state index contributed by atoms with van der Waals surface area (Å²) in [6.07, 6.45) is 3.38. The summed E-state index contributed by atoms with van der Waals surface area (Å²) in [5.74, 6) is 0. The van der Waals surface area contributed by atoms with Gasteiger partial charge in [0.05, 0.1) is 0 Å². The van der Waals surface area contributed by atoms with Crippen LogP contribution in [0.15, 0.2) is 0 Å². The molecule has 0 aromatic heterocycles. The molecule has 0 heterocycles. The molecule has 0 aliphatic heterocycles. The number of hydrogen-bond acceptors (Lipinski definition) is 1. The standard InChI is InChI=1S/C8H16FN/c1-2-6-10-8-5-3-4-7(8)9/h7-8,10H,2-6H2,1H3/t7-,8+/m1/s1. The van der Waals surface area contributed by atoms with E-state index in [1.807, 2.05) is 0 Å². The summed E-state index contributed by atoms with van der Waals surface area (Å²) in [7, 11) is 0. The molecule has 0 amide bonds. The van der Waals surface area contributed by atoms with Crippen LogP contribution in [0, 0.1) is 0 Å². The maximum absolute atomic E-state index is 12.8. The van der Waals surface area contributed by atoms with Gasteiger partial charge in [-0.1, -0.05) is 6.92 Å². The monoisotopic (exact) mass is 145 g/mol. The van der Waals surface area contributed by atoms with Gasteiger partial charge in [-0.3, -0.25) is 0 Å². The Hall–Kier alpha value is -0.110. The molecule has 0 saturated heterocycles. The predicted octanol–water partition coefficient (Wildman–Crippen LogP) is 1.88. The fourth-order valence-electron chi connectivity index (χ4n) is 1.47. The highest BCUT2D eigenvalue weighted by Crippen LogP contribution is 2.21. The lowest BCUT2D eigenvalue weighted by Crippen LogP contribution is -2.33. The number of nitrogens with one attached hydrogen (secondary N) is 1. The van der Waals surface area contributed by atoms with E-state index in [4.69, 9.17) is 0 Å². The zero-order valence-electron chi connectivity index (χ0n) is 6.57. The summed E-state index contributed by atoms with van der Waals surface area (Å²) < 4.78 is 12.8. The van der Waals surface area contributed by atoms with E-state index in [1.54, 1.807) is 0 Å². The lowest BCUT2D eigenvalue weighted by atomic mass is 10.2. The molecule has 1 aliphatic carbocycles. The van der Waals surface area contributed by atoms with E-state index >= 15 is 0 Å². The van der Waals surface area contributed by atoms with Crippen LogP contribution in [0.5, 0.6) is 0 Å². The van der Waals surface area contributed by atoms with Crippen LogP contribution in [0.25, 0.3) is 0 Å². The van der Waals surface area contributed by atoms with E-state index in [-0.39, 0.29) is 6.04 Å². The molecule has 0 aromatic rings. The third-order valence-electron chi connectivity index (χ3n) is 2.09. The fourth-order valence-corrected chi connectivity index (χ4v) is 1.47. The molecule has 0 aromatic carbocycles. The van der Waals surface area contributed by atoms with Crippen LogP contribution in [0.1, 0.15) is 32.6 Å². The van der Waals surface area contributed by atoms with Gasteiger partial charge in [0.2, 0.25) is 0 Å². The molecular weight excluding hydrogens is 129 g/mol. The predicted molar refractivity (Wildman–Crippen MR) is 40.8 cm³/mol. The van der Waals surface area contributed by atoms with Gasteiger partial charge in [0.1, 0.15) is 6.17 Å². The number of halogens is 1. The first-order chi connectivity index (χ1) is 4.84. The molecular formula is C8H16FN. The van der Waals surface area contributed by atoms with Gasteiger partial charge in [-0.25, -0.2) is 4.39 Å². The Morgan fingerprint density at radius 3 is 2.80 bits per heavy atom. The van der Waals surface area contributed by atoms with E-state index in [0.717, 1.165) is 32.2 Å². The Kier molecular flexibility index (Phi) is 3.13. The molecule has 0 unspecified atom stereocenters. The third kappa shape index (κ3) is 1.94. The second-order valence-electron chi connectivity index (χ2n) is 3.01. The van der Waals surface area contributed by atoms with Crippen molar-refractivity contribution < 1.29 is 4.39 Å². The topological polar surface area (TPSA) is 12.0 Å². The summed E-state index contributed by atoms with van der Waals surface area (Å²) in [4.78, 5) is 0. The third-order valence-corrected chi connectivity index (χ3v) is 2.09. The maximum Gasteiger partial charge on any atom is 0.115 e. The van der Waals surface area contributed by atoms with E-state index in [1.165, 1.54) is 0 Å². The largest absolute Gasteiger partial charge is 0.311 e. The normalized spacial score (nSPS) is 33.0. The summed E-state index contributed by atoms with van der Waals surface area (Å²) in [5.41, 5.74) is 0. The lowest BCUT2D eigenvalue weighted by molar-refractivity contribution is 0.281. The molecule has 0 bridgehead atoms. The van der Waals surface area contributed by atoms with Gasteiger partial charge in [0, 0.05) is 6.04 Å². The van der Waals surface area contributed by atoms with Gasteiger partial charge < -0.3 is 5.32 Å².